The molecule has 1 aromatic rings. The third-order valence-electron chi connectivity index (χ3n) is 4.79. The van der Waals surface area contributed by atoms with Crippen molar-refractivity contribution in [2.75, 3.05) is 25.1 Å². The molecule has 0 saturated carbocycles. The lowest BCUT2D eigenvalue weighted by atomic mass is 10.1. The van der Waals surface area contributed by atoms with Crippen LogP contribution in [-0.4, -0.2) is 48.8 Å². The lowest BCUT2D eigenvalue weighted by Crippen LogP contribution is -2.44. The Kier molecular flexibility index (Phi) is 5.91. The van der Waals surface area contributed by atoms with Crippen molar-refractivity contribution in [3.8, 4) is 0 Å². The second-order valence-corrected chi connectivity index (χ2v) is 6.57. The van der Waals surface area contributed by atoms with Crippen molar-refractivity contribution in [2.45, 2.75) is 51.2 Å². The molecule has 0 spiro atoms. The number of benzene rings is 1. The van der Waals surface area contributed by atoms with Gasteiger partial charge in [-0.3, -0.25) is 4.79 Å². The lowest BCUT2D eigenvalue weighted by Gasteiger charge is -2.29. The maximum Gasteiger partial charge on any atom is 0.322 e. The second-order valence-electron chi connectivity index (χ2n) is 6.57. The average molecular weight is 346 g/mol. The van der Waals surface area contributed by atoms with Crippen molar-refractivity contribution in [1.82, 2.24) is 4.90 Å². The van der Waals surface area contributed by atoms with E-state index >= 15 is 0 Å². The predicted octanol–water partition coefficient (Wildman–Crippen LogP) is 2.97. The van der Waals surface area contributed by atoms with E-state index in [0.29, 0.717) is 12.3 Å². The van der Waals surface area contributed by atoms with Crippen LogP contribution in [0.25, 0.3) is 0 Å². The third kappa shape index (κ3) is 4.51. The Labute approximate surface area is 148 Å². The zero-order valence-corrected chi connectivity index (χ0v) is 14.7. The van der Waals surface area contributed by atoms with Gasteiger partial charge in [-0.25, -0.2) is 4.79 Å². The van der Waals surface area contributed by atoms with Gasteiger partial charge in [0, 0.05) is 18.8 Å². The molecule has 2 aliphatic heterocycles. The summed E-state index contributed by atoms with van der Waals surface area (Å²) in [6.07, 6.45) is 4.50. The number of ether oxygens (including phenoxy) is 2. The molecule has 2 amide bonds. The van der Waals surface area contributed by atoms with Crippen LogP contribution < -0.4 is 5.32 Å². The molecular formula is C19H26N2O4. The molecule has 0 aromatic heterocycles. The number of carbonyl (C=O) groups excluding carboxylic acids is 2. The number of urea groups is 1. The molecule has 2 fully saturated rings. The minimum Gasteiger partial charge on any atom is -0.466 e. The van der Waals surface area contributed by atoms with Crippen molar-refractivity contribution in [3.63, 3.8) is 0 Å². The summed E-state index contributed by atoms with van der Waals surface area (Å²) in [6.45, 7) is 3.72. The van der Waals surface area contributed by atoms with Gasteiger partial charge < -0.3 is 19.7 Å². The van der Waals surface area contributed by atoms with Crippen molar-refractivity contribution < 1.29 is 19.1 Å². The Morgan fingerprint density at radius 3 is 2.96 bits per heavy atom. The van der Waals surface area contributed by atoms with Gasteiger partial charge in [-0.2, -0.15) is 0 Å². The molecule has 0 unspecified atom stereocenters. The van der Waals surface area contributed by atoms with Crippen LogP contribution in [0.5, 0.6) is 0 Å². The molecule has 6 heteroatoms. The molecular weight excluding hydrogens is 320 g/mol. The topological polar surface area (TPSA) is 67.9 Å². The molecule has 0 bridgehead atoms. The van der Waals surface area contributed by atoms with Gasteiger partial charge in [-0.05, 0) is 50.3 Å². The van der Waals surface area contributed by atoms with E-state index in [4.69, 9.17) is 9.47 Å². The summed E-state index contributed by atoms with van der Waals surface area (Å²) in [6, 6.07) is 7.44. The van der Waals surface area contributed by atoms with E-state index in [1.165, 1.54) is 0 Å². The minimum absolute atomic E-state index is 0.0914. The van der Waals surface area contributed by atoms with Gasteiger partial charge in [-0.1, -0.05) is 12.1 Å². The quantitative estimate of drug-likeness (QED) is 0.832. The summed E-state index contributed by atoms with van der Waals surface area (Å²) < 4.78 is 10.8. The van der Waals surface area contributed by atoms with E-state index in [9.17, 15) is 9.59 Å². The van der Waals surface area contributed by atoms with E-state index in [2.05, 4.69) is 5.32 Å². The Morgan fingerprint density at radius 2 is 2.20 bits per heavy atom. The molecule has 0 aliphatic carbocycles. The number of hydrogen-bond donors (Lipinski definition) is 1. The molecule has 2 saturated heterocycles. The molecule has 6 nitrogen and oxygen atoms in total. The summed E-state index contributed by atoms with van der Waals surface area (Å²) in [5.74, 6) is -0.260. The first kappa shape index (κ1) is 17.7. The number of carbonyl (C=O) groups is 2. The van der Waals surface area contributed by atoms with E-state index in [1.54, 1.807) is 6.92 Å². The molecule has 3 rings (SSSR count). The van der Waals surface area contributed by atoms with Crippen LogP contribution in [0.3, 0.4) is 0 Å². The largest absolute Gasteiger partial charge is 0.466 e. The van der Waals surface area contributed by atoms with Crippen LogP contribution in [0.2, 0.25) is 0 Å². The standard InChI is InChI=1S/C19H26N2O4/c1-2-24-18(22)13-14-6-3-7-15(12-14)20-19(23)21-10-4-8-16(21)17-9-5-11-25-17/h3,6-7,12,16-17H,2,4-5,8-11,13H2,1H3,(H,20,23)/t16-,17-/m1/s1. The van der Waals surface area contributed by atoms with Crippen LogP contribution in [0.15, 0.2) is 24.3 Å². The Hall–Kier alpha value is -2.08. The summed E-state index contributed by atoms with van der Waals surface area (Å²) in [4.78, 5) is 26.2. The normalized spacial score (nSPS) is 22.8. The Balaban J connectivity index is 1.61. The number of nitrogens with zero attached hydrogens (tertiary/aromatic N) is 1. The highest BCUT2D eigenvalue weighted by Gasteiger charge is 2.36. The van der Waals surface area contributed by atoms with Gasteiger partial charge in [0.2, 0.25) is 0 Å². The zero-order chi connectivity index (χ0) is 17.6. The van der Waals surface area contributed by atoms with Gasteiger partial charge in [0.15, 0.2) is 0 Å². The van der Waals surface area contributed by atoms with Gasteiger partial charge in [0.1, 0.15) is 0 Å². The van der Waals surface area contributed by atoms with Gasteiger partial charge >= 0.3 is 12.0 Å². The number of nitrogens with one attached hydrogen (secondary N) is 1. The average Bonchev–Trinajstić information content (AvgIpc) is 3.26. The monoisotopic (exact) mass is 346 g/mol. The smallest absolute Gasteiger partial charge is 0.322 e. The first-order valence-corrected chi connectivity index (χ1v) is 9.11. The predicted molar refractivity (Wildman–Crippen MR) is 94.5 cm³/mol. The van der Waals surface area contributed by atoms with Crippen molar-refractivity contribution in [3.05, 3.63) is 29.8 Å². The number of anilines is 1. The molecule has 2 aliphatic rings. The highest BCUT2D eigenvalue weighted by Crippen LogP contribution is 2.28. The van der Waals surface area contributed by atoms with Crippen molar-refractivity contribution >= 4 is 17.7 Å². The maximum absolute atomic E-state index is 12.7. The van der Waals surface area contributed by atoms with Gasteiger partial charge in [-0.15, -0.1) is 0 Å². The Morgan fingerprint density at radius 1 is 1.32 bits per heavy atom. The van der Waals surface area contributed by atoms with E-state index in [-0.39, 0.29) is 30.6 Å². The van der Waals surface area contributed by atoms with Crippen LogP contribution in [-0.2, 0) is 20.7 Å². The van der Waals surface area contributed by atoms with E-state index in [0.717, 1.165) is 44.4 Å². The molecule has 25 heavy (non-hydrogen) atoms. The fourth-order valence-corrected chi connectivity index (χ4v) is 3.67. The summed E-state index contributed by atoms with van der Waals surface area (Å²) in [7, 11) is 0. The number of esters is 1. The molecule has 2 heterocycles. The fourth-order valence-electron chi connectivity index (χ4n) is 3.67. The number of likely N-dealkylation sites (tertiary alicyclic amines) is 1. The molecule has 136 valence electrons. The number of rotatable bonds is 5. The van der Waals surface area contributed by atoms with E-state index in [1.807, 2.05) is 29.2 Å². The summed E-state index contributed by atoms with van der Waals surface area (Å²) >= 11 is 0. The molecule has 0 radical (unpaired) electrons. The van der Waals surface area contributed by atoms with Crippen LogP contribution in [0.4, 0.5) is 10.5 Å². The van der Waals surface area contributed by atoms with Crippen LogP contribution >= 0.6 is 0 Å². The maximum atomic E-state index is 12.7. The Bertz CT molecular complexity index is 613. The third-order valence-corrected chi connectivity index (χ3v) is 4.79. The number of amides is 2. The molecule has 1 N–H and O–H groups in total. The molecule has 1 aromatic carbocycles. The second kappa shape index (κ2) is 8.34. The zero-order valence-electron chi connectivity index (χ0n) is 14.7. The first-order valence-electron chi connectivity index (χ1n) is 9.11. The minimum atomic E-state index is -0.260. The first-order chi connectivity index (χ1) is 12.2. The SMILES string of the molecule is CCOC(=O)Cc1cccc(NC(=O)N2CCC[C@@H]2[C@H]2CCCO2)c1. The van der Waals surface area contributed by atoms with Crippen LogP contribution in [0, 0.1) is 0 Å². The van der Waals surface area contributed by atoms with E-state index < -0.39 is 0 Å². The number of hydrogen-bond acceptors (Lipinski definition) is 4. The lowest BCUT2D eigenvalue weighted by molar-refractivity contribution is -0.142. The molecule has 2 atom stereocenters. The van der Waals surface area contributed by atoms with Crippen molar-refractivity contribution in [1.29, 1.82) is 0 Å². The summed E-state index contributed by atoms with van der Waals surface area (Å²) in [5.41, 5.74) is 1.53. The fraction of sp³-hybridized carbons (Fsp3) is 0.579. The van der Waals surface area contributed by atoms with Gasteiger partial charge in [0.05, 0.1) is 25.2 Å². The van der Waals surface area contributed by atoms with Gasteiger partial charge in [0.25, 0.3) is 0 Å². The highest BCUT2D eigenvalue weighted by molar-refractivity contribution is 5.90. The van der Waals surface area contributed by atoms with Crippen LogP contribution in [0.1, 0.15) is 38.2 Å². The highest BCUT2D eigenvalue weighted by atomic mass is 16.5. The summed E-state index contributed by atoms with van der Waals surface area (Å²) in [5, 5.41) is 2.96. The van der Waals surface area contributed by atoms with Crippen molar-refractivity contribution in [2.24, 2.45) is 0 Å².